The van der Waals surface area contributed by atoms with Crippen LogP contribution in [-0.4, -0.2) is 30.4 Å². The number of hydrogen-bond acceptors (Lipinski definition) is 2. The number of benzene rings is 1. The summed E-state index contributed by atoms with van der Waals surface area (Å²) in [6, 6.07) is 8.92. The number of carbonyl (C=O) groups is 1. The Balaban J connectivity index is 0.00000200. The first-order chi connectivity index (χ1) is 9.19. The lowest BCUT2D eigenvalue weighted by atomic mass is 10.1. The minimum atomic E-state index is 0. The van der Waals surface area contributed by atoms with E-state index >= 15 is 0 Å². The minimum Gasteiger partial charge on any atom is -0.341 e. The molecular formula is C16H25ClN2O. The van der Waals surface area contributed by atoms with Crippen molar-refractivity contribution in [2.24, 2.45) is 0 Å². The molecule has 0 aromatic heterocycles. The Hall–Kier alpha value is -1.06. The highest BCUT2D eigenvalue weighted by molar-refractivity contribution is 5.85. The van der Waals surface area contributed by atoms with Crippen LogP contribution < -0.4 is 5.32 Å². The highest BCUT2D eigenvalue weighted by atomic mass is 35.5. The van der Waals surface area contributed by atoms with Crippen molar-refractivity contribution in [1.82, 2.24) is 10.2 Å². The molecule has 112 valence electrons. The van der Waals surface area contributed by atoms with Gasteiger partial charge in [-0.15, -0.1) is 12.4 Å². The van der Waals surface area contributed by atoms with Crippen molar-refractivity contribution in [3.8, 4) is 0 Å². The van der Waals surface area contributed by atoms with E-state index in [9.17, 15) is 4.79 Å². The van der Waals surface area contributed by atoms with Crippen molar-refractivity contribution >= 4 is 18.3 Å². The standard InChI is InChI=1S/C16H24N2O.ClH/c1-3-13-6-8-14(9-7-13)12-18(2)16(19)11-15-5-4-10-17-15;/h6-9,15,17H,3-5,10-12H2,1-2H3;1H. The molecular weight excluding hydrogens is 272 g/mol. The summed E-state index contributed by atoms with van der Waals surface area (Å²) < 4.78 is 0. The molecule has 3 nitrogen and oxygen atoms in total. The molecule has 1 atom stereocenters. The molecule has 0 radical (unpaired) electrons. The fraction of sp³-hybridized carbons (Fsp3) is 0.562. The van der Waals surface area contributed by atoms with Crippen LogP contribution in [0.5, 0.6) is 0 Å². The third kappa shape index (κ3) is 4.80. The van der Waals surface area contributed by atoms with Gasteiger partial charge in [0, 0.05) is 26.1 Å². The molecule has 1 N–H and O–H groups in total. The lowest BCUT2D eigenvalue weighted by Gasteiger charge is -2.19. The van der Waals surface area contributed by atoms with Gasteiger partial charge in [-0.1, -0.05) is 31.2 Å². The SMILES string of the molecule is CCc1ccc(CN(C)C(=O)CC2CCCN2)cc1.Cl. The molecule has 2 rings (SSSR count). The Bertz CT molecular complexity index is 413. The molecule has 0 bridgehead atoms. The maximum Gasteiger partial charge on any atom is 0.224 e. The van der Waals surface area contributed by atoms with Crippen LogP contribution in [0.4, 0.5) is 0 Å². The topological polar surface area (TPSA) is 32.3 Å². The van der Waals surface area contributed by atoms with Crippen LogP contribution >= 0.6 is 12.4 Å². The summed E-state index contributed by atoms with van der Waals surface area (Å²) in [4.78, 5) is 13.9. The molecule has 0 saturated carbocycles. The van der Waals surface area contributed by atoms with Crippen LogP contribution in [0, 0.1) is 0 Å². The molecule has 20 heavy (non-hydrogen) atoms. The van der Waals surface area contributed by atoms with Gasteiger partial charge in [0.15, 0.2) is 0 Å². The van der Waals surface area contributed by atoms with Gasteiger partial charge >= 0.3 is 0 Å². The Morgan fingerprint density at radius 2 is 1.95 bits per heavy atom. The molecule has 4 heteroatoms. The Morgan fingerprint density at radius 3 is 2.50 bits per heavy atom. The van der Waals surface area contributed by atoms with E-state index in [0.29, 0.717) is 19.0 Å². The largest absolute Gasteiger partial charge is 0.341 e. The molecule has 0 aliphatic carbocycles. The Labute approximate surface area is 128 Å². The van der Waals surface area contributed by atoms with Crippen molar-refractivity contribution in [2.75, 3.05) is 13.6 Å². The summed E-state index contributed by atoms with van der Waals surface area (Å²) in [6.45, 7) is 3.91. The first-order valence-electron chi connectivity index (χ1n) is 7.24. The number of halogens is 1. The van der Waals surface area contributed by atoms with Crippen LogP contribution in [-0.2, 0) is 17.8 Å². The smallest absolute Gasteiger partial charge is 0.224 e. The number of aryl methyl sites for hydroxylation is 1. The summed E-state index contributed by atoms with van der Waals surface area (Å²) >= 11 is 0. The monoisotopic (exact) mass is 296 g/mol. The van der Waals surface area contributed by atoms with E-state index < -0.39 is 0 Å². The van der Waals surface area contributed by atoms with Crippen molar-refractivity contribution in [3.05, 3.63) is 35.4 Å². The van der Waals surface area contributed by atoms with Crippen LogP contribution in [0.1, 0.15) is 37.3 Å². The number of nitrogens with one attached hydrogen (secondary N) is 1. The van der Waals surface area contributed by atoms with E-state index in [0.717, 1.165) is 19.4 Å². The molecule has 1 aliphatic heterocycles. The van der Waals surface area contributed by atoms with Gasteiger partial charge in [0.05, 0.1) is 0 Å². The lowest BCUT2D eigenvalue weighted by molar-refractivity contribution is -0.130. The molecule has 1 heterocycles. The van der Waals surface area contributed by atoms with Gasteiger partial charge in [-0.05, 0) is 36.9 Å². The van der Waals surface area contributed by atoms with Crippen LogP contribution in [0.25, 0.3) is 0 Å². The number of amides is 1. The van der Waals surface area contributed by atoms with E-state index in [2.05, 4.69) is 36.5 Å². The maximum atomic E-state index is 12.1. The van der Waals surface area contributed by atoms with Crippen molar-refractivity contribution < 1.29 is 4.79 Å². The average Bonchev–Trinajstić information content (AvgIpc) is 2.92. The fourth-order valence-electron chi connectivity index (χ4n) is 2.54. The van der Waals surface area contributed by atoms with E-state index in [4.69, 9.17) is 0 Å². The van der Waals surface area contributed by atoms with Gasteiger partial charge in [-0.25, -0.2) is 0 Å². The summed E-state index contributed by atoms with van der Waals surface area (Å²) in [5, 5.41) is 3.37. The molecule has 1 aromatic rings. The predicted octanol–water partition coefficient (Wildman–Crippen LogP) is 2.77. The van der Waals surface area contributed by atoms with Crippen LogP contribution in [0.15, 0.2) is 24.3 Å². The fourth-order valence-corrected chi connectivity index (χ4v) is 2.54. The van der Waals surface area contributed by atoms with E-state index in [1.54, 1.807) is 0 Å². The molecule has 1 fully saturated rings. The van der Waals surface area contributed by atoms with Gasteiger partial charge in [-0.2, -0.15) is 0 Å². The second-order valence-corrected chi connectivity index (χ2v) is 5.42. The summed E-state index contributed by atoms with van der Waals surface area (Å²) in [7, 11) is 1.89. The Kier molecular flexibility index (Phi) is 7.03. The summed E-state index contributed by atoms with van der Waals surface area (Å²) in [5.41, 5.74) is 2.54. The molecule has 1 unspecified atom stereocenters. The summed E-state index contributed by atoms with van der Waals surface area (Å²) in [5.74, 6) is 0.235. The second-order valence-electron chi connectivity index (χ2n) is 5.42. The highest BCUT2D eigenvalue weighted by Gasteiger charge is 2.19. The van der Waals surface area contributed by atoms with Gasteiger partial charge in [0.25, 0.3) is 0 Å². The number of hydrogen-bond donors (Lipinski definition) is 1. The van der Waals surface area contributed by atoms with Crippen LogP contribution in [0.3, 0.4) is 0 Å². The molecule has 0 spiro atoms. The van der Waals surface area contributed by atoms with Gasteiger partial charge < -0.3 is 10.2 Å². The van der Waals surface area contributed by atoms with Gasteiger partial charge in [0.1, 0.15) is 0 Å². The first-order valence-corrected chi connectivity index (χ1v) is 7.24. The third-order valence-electron chi connectivity index (χ3n) is 3.86. The minimum absolute atomic E-state index is 0. The number of carbonyl (C=O) groups excluding carboxylic acids is 1. The van der Waals surface area contributed by atoms with Gasteiger partial charge in [0.2, 0.25) is 5.91 Å². The average molecular weight is 297 g/mol. The maximum absolute atomic E-state index is 12.1. The van der Waals surface area contributed by atoms with Crippen molar-refractivity contribution in [3.63, 3.8) is 0 Å². The van der Waals surface area contributed by atoms with Gasteiger partial charge in [-0.3, -0.25) is 4.79 Å². The molecule has 1 amide bonds. The lowest BCUT2D eigenvalue weighted by Crippen LogP contribution is -2.33. The first kappa shape index (κ1) is 17.0. The zero-order valence-electron chi connectivity index (χ0n) is 12.4. The number of rotatable bonds is 5. The predicted molar refractivity (Wildman–Crippen MR) is 85.2 cm³/mol. The van der Waals surface area contributed by atoms with Crippen molar-refractivity contribution in [2.45, 2.75) is 45.2 Å². The van der Waals surface area contributed by atoms with E-state index in [-0.39, 0.29) is 18.3 Å². The quantitative estimate of drug-likeness (QED) is 0.906. The third-order valence-corrected chi connectivity index (χ3v) is 3.86. The van der Waals surface area contributed by atoms with E-state index in [1.807, 2.05) is 11.9 Å². The molecule has 1 saturated heterocycles. The normalized spacial score (nSPS) is 17.6. The zero-order valence-corrected chi connectivity index (χ0v) is 13.2. The van der Waals surface area contributed by atoms with E-state index in [1.165, 1.54) is 17.5 Å². The summed E-state index contributed by atoms with van der Waals surface area (Å²) in [6.07, 6.45) is 4.01. The van der Waals surface area contributed by atoms with Crippen molar-refractivity contribution in [1.29, 1.82) is 0 Å². The molecule has 1 aromatic carbocycles. The second kappa shape index (κ2) is 8.28. The highest BCUT2D eigenvalue weighted by Crippen LogP contribution is 2.12. The number of nitrogens with zero attached hydrogens (tertiary/aromatic N) is 1. The van der Waals surface area contributed by atoms with Crippen LogP contribution in [0.2, 0.25) is 0 Å². The zero-order chi connectivity index (χ0) is 13.7. The Morgan fingerprint density at radius 1 is 1.30 bits per heavy atom. The molecule has 1 aliphatic rings.